The molecule has 3 rings (SSSR count). The van der Waals surface area contributed by atoms with Crippen LogP contribution in [0.15, 0.2) is 59.4 Å². The Kier molecular flexibility index (Phi) is 10.8. The Morgan fingerprint density at radius 3 is 2.26 bits per heavy atom. The molecule has 0 fully saturated rings. The number of quaternary nitrogens is 1. The standard InChI is InChI=1S/C19H15ClN2O4.C4H10O3.H3N/c20-13-7-5-11(6-8-13)18(24)22-16(19(25)26)9-12-10-17(23)21-15-4-2-1-3-14(12)15;1-2-3-4(5,6)7;/h1-8,10,16H,9H2,(H,21,23)(H,22,24)(H,25,26);5-7H,2-3H2,1H3;1H3. The van der Waals surface area contributed by atoms with Crippen molar-refractivity contribution < 1.29 is 30.0 Å². The SMILES string of the molecule is CCCC(O)(O)O.O=C(NC(Cc1cc(=O)[nH]c2ccccc12)C(=O)[O-])c1ccc(Cl)cc1.[NH4+]. The van der Waals surface area contributed by atoms with E-state index in [0.29, 0.717) is 27.9 Å². The number of carboxylic acids is 1. The Bertz CT molecular complexity index is 1160. The number of hydrogen-bond donors (Lipinski definition) is 6. The average Bonchev–Trinajstić information content (AvgIpc) is 2.73. The van der Waals surface area contributed by atoms with Gasteiger partial charge in [0.2, 0.25) is 5.56 Å². The third-order valence-electron chi connectivity index (χ3n) is 4.54. The lowest BCUT2D eigenvalue weighted by molar-refractivity contribution is -0.314. The summed E-state index contributed by atoms with van der Waals surface area (Å²) in [5.74, 6) is -4.45. The van der Waals surface area contributed by atoms with Crippen molar-refractivity contribution in [3.8, 4) is 0 Å². The van der Waals surface area contributed by atoms with Crippen molar-refractivity contribution in [3.05, 3.63) is 81.1 Å². The van der Waals surface area contributed by atoms with Gasteiger partial charge in [0.25, 0.3) is 11.9 Å². The van der Waals surface area contributed by atoms with E-state index in [0.717, 1.165) is 0 Å². The minimum atomic E-state index is -2.45. The maximum atomic E-state index is 12.3. The van der Waals surface area contributed by atoms with Gasteiger partial charge in [0.1, 0.15) is 0 Å². The number of aliphatic carboxylic acids is 1. The summed E-state index contributed by atoms with van der Waals surface area (Å²) in [7, 11) is 0. The first kappa shape index (κ1) is 28.8. The molecular weight excluding hydrogens is 466 g/mol. The summed E-state index contributed by atoms with van der Waals surface area (Å²) in [5, 5.41) is 39.5. The number of pyridine rings is 1. The van der Waals surface area contributed by atoms with Gasteiger partial charge in [-0.3, -0.25) is 9.59 Å². The predicted molar refractivity (Wildman–Crippen MR) is 126 cm³/mol. The molecule has 0 bridgehead atoms. The highest BCUT2D eigenvalue weighted by atomic mass is 35.5. The van der Waals surface area contributed by atoms with Crippen molar-refractivity contribution in [1.29, 1.82) is 0 Å². The molecule has 0 saturated carbocycles. The van der Waals surface area contributed by atoms with Crippen molar-refractivity contribution in [1.82, 2.24) is 16.5 Å². The van der Waals surface area contributed by atoms with E-state index in [1.54, 1.807) is 31.2 Å². The summed E-state index contributed by atoms with van der Waals surface area (Å²) in [5.41, 5.74) is 1.03. The minimum absolute atomic E-state index is 0. The van der Waals surface area contributed by atoms with E-state index in [4.69, 9.17) is 26.9 Å². The molecule has 9 N–H and O–H groups in total. The second-order valence-corrected chi connectivity index (χ2v) is 7.72. The number of carboxylic acid groups (broad SMARTS) is 1. The van der Waals surface area contributed by atoms with Crippen molar-refractivity contribution in [2.45, 2.75) is 38.2 Å². The van der Waals surface area contributed by atoms with E-state index in [-0.39, 0.29) is 30.1 Å². The van der Waals surface area contributed by atoms with Crippen LogP contribution in [0.1, 0.15) is 35.7 Å². The lowest BCUT2D eigenvalue weighted by Gasteiger charge is -2.20. The van der Waals surface area contributed by atoms with E-state index in [1.807, 2.05) is 0 Å². The monoisotopic (exact) mass is 493 g/mol. The number of aliphatic hydroxyl groups is 3. The maximum absolute atomic E-state index is 12.3. The number of aromatic amines is 1. The quantitative estimate of drug-likeness (QED) is 0.264. The van der Waals surface area contributed by atoms with Crippen LogP contribution in [0.4, 0.5) is 0 Å². The molecule has 10 nitrogen and oxygen atoms in total. The number of carbonyl (C=O) groups excluding carboxylic acids is 2. The Morgan fingerprint density at radius 1 is 1.12 bits per heavy atom. The molecule has 184 valence electrons. The molecule has 11 heteroatoms. The molecule has 0 aliphatic carbocycles. The van der Waals surface area contributed by atoms with Crippen LogP contribution < -0.4 is 22.1 Å². The van der Waals surface area contributed by atoms with Gasteiger partial charge >= 0.3 is 0 Å². The zero-order chi connectivity index (χ0) is 24.6. The highest BCUT2D eigenvalue weighted by Crippen LogP contribution is 2.16. The summed E-state index contributed by atoms with van der Waals surface area (Å²) < 4.78 is 0. The summed E-state index contributed by atoms with van der Waals surface area (Å²) in [4.78, 5) is 38.3. The second-order valence-electron chi connectivity index (χ2n) is 7.28. The van der Waals surface area contributed by atoms with Crippen molar-refractivity contribution in [3.63, 3.8) is 0 Å². The lowest BCUT2D eigenvalue weighted by atomic mass is 10.0. The largest absolute Gasteiger partial charge is 0.548 e. The van der Waals surface area contributed by atoms with Crippen molar-refractivity contribution in [2.24, 2.45) is 0 Å². The van der Waals surface area contributed by atoms with Crippen LogP contribution in [-0.4, -0.2) is 44.2 Å². The molecule has 2 aromatic carbocycles. The van der Waals surface area contributed by atoms with E-state index in [9.17, 15) is 19.5 Å². The Hall–Kier alpha value is -3.28. The van der Waals surface area contributed by atoms with Crippen LogP contribution >= 0.6 is 11.6 Å². The van der Waals surface area contributed by atoms with E-state index in [2.05, 4.69) is 10.3 Å². The van der Waals surface area contributed by atoms with Crippen LogP contribution in [0.3, 0.4) is 0 Å². The van der Waals surface area contributed by atoms with Crippen molar-refractivity contribution >= 4 is 34.4 Å². The highest BCUT2D eigenvalue weighted by molar-refractivity contribution is 6.30. The van der Waals surface area contributed by atoms with Crippen molar-refractivity contribution in [2.75, 3.05) is 0 Å². The molecule has 3 aromatic rings. The smallest absolute Gasteiger partial charge is 0.275 e. The van der Waals surface area contributed by atoms with Gasteiger partial charge in [-0.1, -0.05) is 36.7 Å². The Morgan fingerprint density at radius 2 is 1.74 bits per heavy atom. The van der Waals surface area contributed by atoms with Gasteiger partial charge in [0.15, 0.2) is 0 Å². The summed E-state index contributed by atoms with van der Waals surface area (Å²) in [6.45, 7) is 1.75. The first-order chi connectivity index (χ1) is 15.5. The molecule has 1 atom stereocenters. The molecule has 0 radical (unpaired) electrons. The fourth-order valence-electron chi connectivity index (χ4n) is 3.04. The maximum Gasteiger partial charge on any atom is 0.275 e. The fourth-order valence-corrected chi connectivity index (χ4v) is 3.16. The molecule has 1 aromatic heterocycles. The molecule has 1 heterocycles. The number of rotatable bonds is 7. The molecule has 0 saturated heterocycles. The van der Waals surface area contributed by atoms with Crippen LogP contribution in [-0.2, 0) is 11.2 Å². The third kappa shape index (κ3) is 8.93. The number of carbonyl (C=O) groups is 2. The van der Waals surface area contributed by atoms with Gasteiger partial charge < -0.3 is 41.7 Å². The van der Waals surface area contributed by atoms with E-state index in [1.165, 1.54) is 30.3 Å². The van der Waals surface area contributed by atoms with Gasteiger partial charge in [0.05, 0.1) is 12.0 Å². The van der Waals surface area contributed by atoms with Crippen LogP contribution in [0, 0.1) is 0 Å². The van der Waals surface area contributed by atoms with Crippen LogP contribution in [0.25, 0.3) is 10.9 Å². The molecule has 34 heavy (non-hydrogen) atoms. The van der Waals surface area contributed by atoms with Gasteiger partial charge in [-0.05, 0) is 48.7 Å². The molecule has 1 amide bonds. The Balaban J connectivity index is 0.000000633. The van der Waals surface area contributed by atoms with Gasteiger partial charge in [-0.2, -0.15) is 0 Å². The number of para-hydroxylation sites is 1. The first-order valence-electron chi connectivity index (χ1n) is 10.1. The molecule has 0 aliphatic rings. The molecule has 0 spiro atoms. The lowest BCUT2D eigenvalue weighted by Crippen LogP contribution is -2.49. The van der Waals surface area contributed by atoms with Crippen LogP contribution in [0.5, 0.6) is 0 Å². The zero-order valence-electron chi connectivity index (χ0n) is 18.7. The number of nitrogens with one attached hydrogen (secondary N) is 2. The summed E-state index contributed by atoms with van der Waals surface area (Å²) in [6.07, 6.45) is 0.489. The predicted octanol–water partition coefficient (Wildman–Crippen LogP) is 1.07. The summed E-state index contributed by atoms with van der Waals surface area (Å²) >= 11 is 5.78. The number of halogens is 1. The van der Waals surface area contributed by atoms with E-state index >= 15 is 0 Å². The summed E-state index contributed by atoms with van der Waals surface area (Å²) in [6, 6.07) is 13.1. The van der Waals surface area contributed by atoms with Crippen LogP contribution in [0.2, 0.25) is 5.02 Å². The second kappa shape index (κ2) is 12.8. The van der Waals surface area contributed by atoms with E-state index < -0.39 is 23.9 Å². The normalized spacial score (nSPS) is 11.6. The number of hydrogen-bond acceptors (Lipinski definition) is 7. The van der Waals surface area contributed by atoms with Gasteiger partial charge in [0, 0.05) is 34.0 Å². The molecule has 1 unspecified atom stereocenters. The zero-order valence-corrected chi connectivity index (χ0v) is 19.5. The van der Waals surface area contributed by atoms with Gasteiger partial charge in [-0.15, -0.1) is 0 Å². The fraction of sp³-hybridized carbons (Fsp3) is 0.261. The Labute approximate surface area is 200 Å². The first-order valence-corrected chi connectivity index (χ1v) is 10.4. The molecule has 0 aliphatic heterocycles. The number of benzene rings is 2. The number of H-pyrrole nitrogens is 1. The number of amides is 1. The topological polar surface area (TPSA) is 199 Å². The highest BCUT2D eigenvalue weighted by Gasteiger charge is 2.17. The number of fused-ring (bicyclic) bond motifs is 1. The third-order valence-corrected chi connectivity index (χ3v) is 4.79. The minimum Gasteiger partial charge on any atom is -0.548 e. The average molecular weight is 494 g/mol. The number of aromatic nitrogens is 1. The molecular formula is C23H28ClN3O7. The van der Waals surface area contributed by atoms with Gasteiger partial charge in [-0.25, -0.2) is 0 Å².